The van der Waals surface area contributed by atoms with Crippen LogP contribution in [0.15, 0.2) is 23.1 Å². The molecule has 0 bridgehead atoms. The van der Waals surface area contributed by atoms with Gasteiger partial charge in [0.05, 0.1) is 6.67 Å². The van der Waals surface area contributed by atoms with Crippen molar-refractivity contribution in [3.05, 3.63) is 29.8 Å². The summed E-state index contributed by atoms with van der Waals surface area (Å²) in [5, 5.41) is 2.74. The summed E-state index contributed by atoms with van der Waals surface area (Å²) in [4.78, 5) is 27.0. The molecule has 2 fully saturated rings. The molecule has 0 radical (unpaired) electrons. The van der Waals surface area contributed by atoms with E-state index in [1.165, 1.54) is 0 Å². The van der Waals surface area contributed by atoms with Crippen LogP contribution in [0.3, 0.4) is 0 Å². The molecular formula is C19H26F2N4O4S. The third-order valence-corrected chi connectivity index (χ3v) is 7.30. The second kappa shape index (κ2) is 8.20. The summed E-state index contributed by atoms with van der Waals surface area (Å²) < 4.78 is 54.3. The molecule has 3 rings (SSSR count). The van der Waals surface area contributed by atoms with E-state index in [1.807, 2.05) is 13.8 Å². The number of hydrogen-bond acceptors (Lipinski definition) is 5. The van der Waals surface area contributed by atoms with Crippen molar-refractivity contribution >= 4 is 22.0 Å². The van der Waals surface area contributed by atoms with Crippen molar-refractivity contribution in [2.45, 2.75) is 37.6 Å². The van der Waals surface area contributed by atoms with Gasteiger partial charge in [-0.05, 0) is 31.4 Å². The second-order valence-electron chi connectivity index (χ2n) is 8.31. The molecule has 2 heterocycles. The van der Waals surface area contributed by atoms with E-state index in [4.69, 9.17) is 0 Å². The maximum Gasteiger partial charge on any atom is 0.326 e. The highest BCUT2D eigenvalue weighted by Crippen LogP contribution is 2.26. The standard InChI is InChI=1S/C19H26F2N4O4S/c1-13(2)11-19(3)17(26)25(18(27)22-19)12-23-7-9-24(10-8-23)30(28,29)16-14(20)5-4-6-15(16)21/h4-6,13H,7-12H2,1-3H3,(H,22,27)/t19-/m0/s1. The Morgan fingerprint density at radius 3 is 2.20 bits per heavy atom. The number of carbonyl (C=O) groups is 2. The summed E-state index contributed by atoms with van der Waals surface area (Å²) in [6.07, 6.45) is 0.508. The van der Waals surface area contributed by atoms with Gasteiger partial charge in [-0.2, -0.15) is 4.31 Å². The first-order chi connectivity index (χ1) is 14.0. The maximum absolute atomic E-state index is 14.0. The van der Waals surface area contributed by atoms with E-state index in [2.05, 4.69) is 5.32 Å². The molecule has 8 nitrogen and oxygen atoms in total. The highest BCUT2D eigenvalue weighted by atomic mass is 32.2. The summed E-state index contributed by atoms with van der Waals surface area (Å²) in [6.45, 7) is 6.06. The van der Waals surface area contributed by atoms with Crippen molar-refractivity contribution in [2.75, 3.05) is 32.8 Å². The number of piperazine rings is 1. The molecule has 1 aromatic carbocycles. The summed E-state index contributed by atoms with van der Waals surface area (Å²) in [6, 6.07) is 2.43. The summed E-state index contributed by atoms with van der Waals surface area (Å²) in [7, 11) is -4.33. The van der Waals surface area contributed by atoms with Crippen LogP contribution in [0.5, 0.6) is 0 Å². The van der Waals surface area contributed by atoms with Gasteiger partial charge < -0.3 is 5.32 Å². The van der Waals surface area contributed by atoms with Crippen LogP contribution < -0.4 is 5.32 Å². The lowest BCUT2D eigenvalue weighted by Crippen LogP contribution is -2.53. The summed E-state index contributed by atoms with van der Waals surface area (Å²) in [5.74, 6) is -2.38. The van der Waals surface area contributed by atoms with Crippen molar-refractivity contribution in [3.63, 3.8) is 0 Å². The summed E-state index contributed by atoms with van der Waals surface area (Å²) in [5.41, 5.74) is -0.960. The van der Waals surface area contributed by atoms with Crippen molar-refractivity contribution in [1.82, 2.24) is 19.4 Å². The number of imide groups is 1. The number of nitrogens with zero attached hydrogens (tertiary/aromatic N) is 3. The number of urea groups is 1. The van der Waals surface area contributed by atoms with Gasteiger partial charge in [0.1, 0.15) is 17.2 Å². The van der Waals surface area contributed by atoms with Crippen LogP contribution in [0.4, 0.5) is 13.6 Å². The molecule has 166 valence electrons. The molecule has 0 unspecified atom stereocenters. The third kappa shape index (κ3) is 4.19. The Morgan fingerprint density at radius 2 is 1.67 bits per heavy atom. The Hall–Kier alpha value is -2.11. The normalized spacial score (nSPS) is 24.0. The first-order valence-electron chi connectivity index (χ1n) is 9.76. The molecule has 1 atom stereocenters. The average Bonchev–Trinajstić information content (AvgIpc) is 2.84. The van der Waals surface area contributed by atoms with E-state index < -0.39 is 38.1 Å². The van der Waals surface area contributed by atoms with Crippen molar-refractivity contribution in [1.29, 1.82) is 0 Å². The minimum Gasteiger partial charge on any atom is -0.323 e. The fourth-order valence-corrected chi connectivity index (χ4v) is 5.53. The fourth-order valence-electron chi connectivity index (χ4n) is 4.00. The van der Waals surface area contributed by atoms with E-state index in [1.54, 1.807) is 11.8 Å². The average molecular weight is 445 g/mol. The van der Waals surface area contributed by atoms with Gasteiger partial charge in [-0.3, -0.25) is 9.69 Å². The SMILES string of the molecule is CC(C)C[C@]1(C)NC(=O)N(CN2CCN(S(=O)(=O)c3c(F)cccc3F)CC2)C1=O. The molecular weight excluding hydrogens is 418 g/mol. The summed E-state index contributed by atoms with van der Waals surface area (Å²) >= 11 is 0. The molecule has 2 saturated heterocycles. The topological polar surface area (TPSA) is 90.0 Å². The van der Waals surface area contributed by atoms with E-state index in [0.717, 1.165) is 27.4 Å². The van der Waals surface area contributed by atoms with Crippen LogP contribution in [0, 0.1) is 17.6 Å². The largest absolute Gasteiger partial charge is 0.326 e. The minimum absolute atomic E-state index is 0.0109. The molecule has 30 heavy (non-hydrogen) atoms. The highest BCUT2D eigenvalue weighted by Gasteiger charge is 2.48. The van der Waals surface area contributed by atoms with E-state index in [0.29, 0.717) is 6.42 Å². The Labute approximate surface area is 174 Å². The first kappa shape index (κ1) is 22.6. The lowest BCUT2D eigenvalue weighted by molar-refractivity contribution is -0.133. The van der Waals surface area contributed by atoms with Crippen molar-refractivity contribution in [3.8, 4) is 0 Å². The van der Waals surface area contributed by atoms with Crippen LogP contribution in [0.2, 0.25) is 0 Å². The number of benzene rings is 1. The predicted molar refractivity (Wildman–Crippen MR) is 105 cm³/mol. The second-order valence-corrected chi connectivity index (χ2v) is 10.2. The zero-order valence-corrected chi connectivity index (χ0v) is 18.0. The molecule has 0 saturated carbocycles. The number of carbonyl (C=O) groups excluding carboxylic acids is 2. The lowest BCUT2D eigenvalue weighted by atomic mass is 9.91. The van der Waals surface area contributed by atoms with Crippen LogP contribution in [0.25, 0.3) is 0 Å². The van der Waals surface area contributed by atoms with E-state index in [9.17, 15) is 26.8 Å². The molecule has 2 aliphatic rings. The van der Waals surface area contributed by atoms with Crippen molar-refractivity contribution < 1.29 is 26.8 Å². The number of halogens is 2. The molecule has 0 aromatic heterocycles. The number of amides is 3. The molecule has 1 aromatic rings. The molecule has 0 spiro atoms. The van der Waals surface area contributed by atoms with Gasteiger partial charge in [0.15, 0.2) is 4.90 Å². The zero-order valence-electron chi connectivity index (χ0n) is 17.2. The van der Waals surface area contributed by atoms with Crippen molar-refractivity contribution in [2.24, 2.45) is 5.92 Å². The van der Waals surface area contributed by atoms with Gasteiger partial charge in [-0.15, -0.1) is 0 Å². The fraction of sp³-hybridized carbons (Fsp3) is 0.579. The zero-order chi connectivity index (χ0) is 22.3. The van der Waals surface area contributed by atoms with Gasteiger partial charge >= 0.3 is 6.03 Å². The van der Waals surface area contributed by atoms with Crippen LogP contribution in [0.1, 0.15) is 27.2 Å². The number of nitrogens with one attached hydrogen (secondary N) is 1. The van der Waals surface area contributed by atoms with E-state index >= 15 is 0 Å². The van der Waals surface area contributed by atoms with E-state index in [-0.39, 0.29) is 44.7 Å². The number of sulfonamides is 1. The monoisotopic (exact) mass is 444 g/mol. The Morgan fingerprint density at radius 1 is 1.10 bits per heavy atom. The Kier molecular flexibility index (Phi) is 6.17. The molecule has 3 amide bonds. The first-order valence-corrected chi connectivity index (χ1v) is 11.2. The van der Waals surface area contributed by atoms with Gasteiger partial charge in [0.2, 0.25) is 10.0 Å². The molecule has 0 aliphatic carbocycles. The lowest BCUT2D eigenvalue weighted by Gasteiger charge is -2.35. The number of hydrogen-bond donors (Lipinski definition) is 1. The maximum atomic E-state index is 14.0. The van der Waals surface area contributed by atoms with Gasteiger partial charge in [0, 0.05) is 26.2 Å². The molecule has 11 heteroatoms. The van der Waals surface area contributed by atoms with Crippen LogP contribution in [-0.2, 0) is 14.8 Å². The van der Waals surface area contributed by atoms with Gasteiger partial charge in [-0.1, -0.05) is 19.9 Å². The van der Waals surface area contributed by atoms with Crippen LogP contribution in [-0.4, -0.2) is 72.8 Å². The number of rotatable bonds is 6. The van der Waals surface area contributed by atoms with Gasteiger partial charge in [-0.25, -0.2) is 26.9 Å². The smallest absolute Gasteiger partial charge is 0.323 e. The van der Waals surface area contributed by atoms with Gasteiger partial charge in [0.25, 0.3) is 5.91 Å². The minimum atomic E-state index is -4.33. The molecule has 2 aliphatic heterocycles. The Bertz CT molecular complexity index is 928. The van der Waals surface area contributed by atoms with Crippen LogP contribution >= 0.6 is 0 Å². The highest BCUT2D eigenvalue weighted by molar-refractivity contribution is 7.89. The Balaban J connectivity index is 1.65. The molecule has 1 N–H and O–H groups in total. The third-order valence-electron chi connectivity index (χ3n) is 5.35. The predicted octanol–water partition coefficient (Wildman–Crippen LogP) is 1.59. The quantitative estimate of drug-likeness (QED) is 0.673.